The molecule has 3 aromatic heterocycles. The Bertz CT molecular complexity index is 1060. The molecule has 0 atom stereocenters. The third kappa shape index (κ3) is 5.10. The number of carbonyl (C=O) groups excluding carboxylic acids is 2. The number of halogens is 1. The number of amides is 1. The SMILES string of the molecule is CCOC(=O)c1sc(NC(=O)CSc2nnc(-c3ccc(Br)o3)n2C(C)C)nc1C. The summed E-state index contributed by atoms with van der Waals surface area (Å²) in [4.78, 5) is 28.9. The molecule has 3 heterocycles. The summed E-state index contributed by atoms with van der Waals surface area (Å²) in [7, 11) is 0. The fourth-order valence-corrected chi connectivity index (χ4v) is 4.62. The number of hydrogen-bond acceptors (Lipinski definition) is 9. The Kier molecular flexibility index (Phi) is 7.32. The minimum Gasteiger partial charge on any atom is -0.462 e. The number of carbonyl (C=O) groups is 2. The summed E-state index contributed by atoms with van der Waals surface area (Å²) in [5, 5.41) is 12.1. The first-order chi connectivity index (χ1) is 14.3. The number of aryl methyl sites for hydroxylation is 1. The van der Waals surface area contributed by atoms with Crippen molar-refractivity contribution in [3.63, 3.8) is 0 Å². The lowest BCUT2D eigenvalue weighted by Crippen LogP contribution is -2.15. The van der Waals surface area contributed by atoms with Gasteiger partial charge in [-0.15, -0.1) is 10.2 Å². The molecule has 0 bridgehead atoms. The highest BCUT2D eigenvalue weighted by Gasteiger charge is 2.21. The highest BCUT2D eigenvalue weighted by Crippen LogP contribution is 2.30. The third-order valence-corrected chi connectivity index (χ3v) is 6.23. The average molecular weight is 514 g/mol. The Labute approximate surface area is 189 Å². The molecule has 1 N–H and O–H groups in total. The fourth-order valence-electron chi connectivity index (χ4n) is 2.56. The van der Waals surface area contributed by atoms with E-state index in [2.05, 4.69) is 36.4 Å². The van der Waals surface area contributed by atoms with Gasteiger partial charge in [-0.25, -0.2) is 9.78 Å². The molecule has 0 saturated heterocycles. The van der Waals surface area contributed by atoms with Crippen LogP contribution < -0.4 is 5.32 Å². The molecule has 0 fully saturated rings. The van der Waals surface area contributed by atoms with Gasteiger partial charge in [-0.3, -0.25) is 9.36 Å². The lowest BCUT2D eigenvalue weighted by atomic mass is 10.3. The maximum atomic E-state index is 12.4. The summed E-state index contributed by atoms with van der Waals surface area (Å²) in [5.41, 5.74) is 0.523. The van der Waals surface area contributed by atoms with Crippen LogP contribution in [0.4, 0.5) is 5.13 Å². The second-order valence-electron chi connectivity index (χ2n) is 6.36. The molecular formula is C18H20BrN5O4S2. The van der Waals surface area contributed by atoms with E-state index in [0.29, 0.717) is 37.1 Å². The molecule has 0 aliphatic heterocycles. The zero-order chi connectivity index (χ0) is 21.8. The van der Waals surface area contributed by atoms with E-state index in [4.69, 9.17) is 9.15 Å². The zero-order valence-corrected chi connectivity index (χ0v) is 20.0. The largest absolute Gasteiger partial charge is 0.462 e. The molecular weight excluding hydrogens is 494 g/mol. The summed E-state index contributed by atoms with van der Waals surface area (Å²) >= 11 is 5.64. The molecule has 3 rings (SSSR count). The van der Waals surface area contributed by atoms with E-state index in [1.165, 1.54) is 11.8 Å². The van der Waals surface area contributed by atoms with Crippen LogP contribution in [0.25, 0.3) is 11.6 Å². The maximum Gasteiger partial charge on any atom is 0.350 e. The number of rotatable bonds is 8. The topological polar surface area (TPSA) is 112 Å². The number of anilines is 1. The van der Waals surface area contributed by atoms with Crippen LogP contribution in [-0.4, -0.2) is 44.0 Å². The number of thiazole rings is 1. The Balaban J connectivity index is 1.67. The molecule has 0 aliphatic rings. The lowest BCUT2D eigenvalue weighted by Gasteiger charge is -2.12. The zero-order valence-electron chi connectivity index (χ0n) is 16.8. The molecule has 0 aliphatic carbocycles. The van der Waals surface area contributed by atoms with Crippen LogP contribution in [-0.2, 0) is 9.53 Å². The van der Waals surface area contributed by atoms with Crippen LogP contribution in [0.3, 0.4) is 0 Å². The molecule has 1 amide bonds. The van der Waals surface area contributed by atoms with Crippen molar-refractivity contribution in [3.8, 4) is 11.6 Å². The van der Waals surface area contributed by atoms with Gasteiger partial charge in [-0.2, -0.15) is 0 Å². The van der Waals surface area contributed by atoms with E-state index in [0.717, 1.165) is 11.3 Å². The van der Waals surface area contributed by atoms with Gasteiger partial charge >= 0.3 is 5.97 Å². The Morgan fingerprint density at radius 3 is 2.77 bits per heavy atom. The van der Waals surface area contributed by atoms with Gasteiger partial charge in [0, 0.05) is 6.04 Å². The number of furan rings is 1. The van der Waals surface area contributed by atoms with Crippen molar-refractivity contribution in [2.24, 2.45) is 0 Å². The third-order valence-electron chi connectivity index (χ3n) is 3.81. The van der Waals surface area contributed by atoms with Crippen LogP contribution in [0.2, 0.25) is 0 Å². The quantitative estimate of drug-likeness (QED) is 0.344. The molecule has 0 saturated carbocycles. The first-order valence-corrected chi connectivity index (χ1v) is 11.7. The van der Waals surface area contributed by atoms with E-state index in [1.807, 2.05) is 18.4 Å². The highest BCUT2D eigenvalue weighted by atomic mass is 79.9. The van der Waals surface area contributed by atoms with Crippen LogP contribution in [0.1, 0.15) is 42.2 Å². The maximum absolute atomic E-state index is 12.4. The van der Waals surface area contributed by atoms with Gasteiger partial charge in [0.05, 0.1) is 18.1 Å². The van der Waals surface area contributed by atoms with Gasteiger partial charge in [0.1, 0.15) is 4.88 Å². The number of esters is 1. The smallest absolute Gasteiger partial charge is 0.350 e. The van der Waals surface area contributed by atoms with Crippen molar-refractivity contribution in [1.29, 1.82) is 0 Å². The standard InChI is InChI=1S/C18H20BrN5O4S2/c1-5-27-16(26)14-10(4)20-17(30-14)21-13(25)8-29-18-23-22-15(24(18)9(2)3)11-6-7-12(19)28-11/h6-7,9H,5,8H2,1-4H3,(H,20,21,25). The van der Waals surface area contributed by atoms with Crippen molar-refractivity contribution >= 4 is 56.0 Å². The van der Waals surface area contributed by atoms with E-state index in [1.54, 1.807) is 26.0 Å². The van der Waals surface area contributed by atoms with Crippen molar-refractivity contribution in [1.82, 2.24) is 19.7 Å². The van der Waals surface area contributed by atoms with Gasteiger partial charge in [0.15, 0.2) is 20.7 Å². The molecule has 0 spiro atoms. The second kappa shape index (κ2) is 9.75. The number of ether oxygens (including phenoxy) is 1. The number of thioether (sulfide) groups is 1. The van der Waals surface area contributed by atoms with Gasteiger partial charge in [-0.05, 0) is 55.8 Å². The first kappa shape index (κ1) is 22.5. The van der Waals surface area contributed by atoms with E-state index >= 15 is 0 Å². The van der Waals surface area contributed by atoms with E-state index in [-0.39, 0.29) is 24.3 Å². The minimum atomic E-state index is -0.440. The van der Waals surface area contributed by atoms with Gasteiger partial charge in [0.2, 0.25) is 11.7 Å². The van der Waals surface area contributed by atoms with Gasteiger partial charge in [0.25, 0.3) is 0 Å². The predicted octanol–water partition coefficient (Wildman–Crippen LogP) is 4.55. The van der Waals surface area contributed by atoms with Crippen LogP contribution in [0.5, 0.6) is 0 Å². The number of hydrogen-bond donors (Lipinski definition) is 1. The molecule has 30 heavy (non-hydrogen) atoms. The first-order valence-electron chi connectivity index (χ1n) is 9.08. The normalized spacial score (nSPS) is 11.1. The highest BCUT2D eigenvalue weighted by molar-refractivity contribution is 9.10. The van der Waals surface area contributed by atoms with Crippen molar-refractivity contribution in [2.75, 3.05) is 17.7 Å². The summed E-state index contributed by atoms with van der Waals surface area (Å²) in [6.07, 6.45) is 0. The van der Waals surface area contributed by atoms with Crippen molar-refractivity contribution in [2.45, 2.75) is 38.9 Å². The summed E-state index contributed by atoms with van der Waals surface area (Å²) in [6.45, 7) is 7.73. The fraction of sp³-hybridized carbons (Fsp3) is 0.389. The summed E-state index contributed by atoms with van der Waals surface area (Å²) in [6, 6.07) is 3.66. The lowest BCUT2D eigenvalue weighted by molar-refractivity contribution is -0.113. The van der Waals surface area contributed by atoms with Crippen LogP contribution in [0, 0.1) is 6.92 Å². The van der Waals surface area contributed by atoms with Crippen LogP contribution in [0.15, 0.2) is 26.4 Å². The molecule has 9 nitrogen and oxygen atoms in total. The van der Waals surface area contributed by atoms with Gasteiger partial charge < -0.3 is 14.5 Å². The molecule has 12 heteroatoms. The summed E-state index contributed by atoms with van der Waals surface area (Å²) in [5.74, 6) is 0.590. The molecule has 160 valence electrons. The number of aromatic nitrogens is 4. The van der Waals surface area contributed by atoms with E-state index in [9.17, 15) is 9.59 Å². The Hall–Kier alpha value is -2.18. The van der Waals surface area contributed by atoms with Crippen LogP contribution >= 0.6 is 39.0 Å². The van der Waals surface area contributed by atoms with Crippen molar-refractivity contribution < 1.29 is 18.7 Å². The Morgan fingerprint density at radius 1 is 1.37 bits per heavy atom. The predicted molar refractivity (Wildman–Crippen MR) is 118 cm³/mol. The molecule has 0 aromatic carbocycles. The molecule has 0 unspecified atom stereocenters. The van der Waals surface area contributed by atoms with Gasteiger partial charge in [-0.1, -0.05) is 23.1 Å². The Morgan fingerprint density at radius 2 is 2.13 bits per heavy atom. The molecule has 3 aromatic rings. The average Bonchev–Trinajstić information content (AvgIpc) is 3.38. The second-order valence-corrected chi connectivity index (χ2v) is 9.09. The molecule has 0 radical (unpaired) electrons. The number of nitrogens with zero attached hydrogens (tertiary/aromatic N) is 4. The number of nitrogens with one attached hydrogen (secondary N) is 1. The van der Waals surface area contributed by atoms with E-state index < -0.39 is 5.97 Å². The summed E-state index contributed by atoms with van der Waals surface area (Å²) < 4.78 is 13.1. The minimum absolute atomic E-state index is 0.0678. The van der Waals surface area contributed by atoms with Crippen molar-refractivity contribution in [3.05, 3.63) is 27.4 Å². The monoisotopic (exact) mass is 513 g/mol.